The monoisotopic (exact) mass is 389 g/mol. The lowest BCUT2D eigenvalue weighted by Crippen LogP contribution is -2.18. The minimum absolute atomic E-state index is 0.201. The molecular formula is C20H27N3O3S. The van der Waals surface area contributed by atoms with Gasteiger partial charge in [0.25, 0.3) is 5.91 Å². The fourth-order valence-electron chi connectivity index (χ4n) is 3.64. The Labute approximate surface area is 163 Å². The first-order valence-electron chi connectivity index (χ1n) is 9.54. The number of nitrogens with one attached hydrogen (secondary N) is 1. The molecule has 0 saturated heterocycles. The molecular weight excluding hydrogens is 362 g/mol. The van der Waals surface area contributed by atoms with Crippen LogP contribution in [0.5, 0.6) is 0 Å². The van der Waals surface area contributed by atoms with Gasteiger partial charge in [-0.2, -0.15) is 5.10 Å². The first-order chi connectivity index (χ1) is 12.8. The molecule has 2 aromatic rings. The van der Waals surface area contributed by atoms with Gasteiger partial charge in [0.1, 0.15) is 5.00 Å². The van der Waals surface area contributed by atoms with Gasteiger partial charge in [-0.15, -0.1) is 11.3 Å². The standard InChI is InChI=1S/C20H27N3O3S/c1-6-23-13(5)16(12(4)22-23)18(24)21-19-17(20(25)26-11(2)3)14-9-7-8-10-15(14)27-19/h11H,6-10H2,1-5H3,(H,21,24). The molecule has 0 spiro atoms. The number of esters is 1. The quantitative estimate of drug-likeness (QED) is 0.775. The molecule has 0 atom stereocenters. The van der Waals surface area contributed by atoms with Crippen molar-refractivity contribution in [3.63, 3.8) is 0 Å². The summed E-state index contributed by atoms with van der Waals surface area (Å²) in [5.41, 5.74) is 3.69. The number of ether oxygens (including phenoxy) is 1. The Morgan fingerprint density at radius 3 is 2.56 bits per heavy atom. The second-order valence-corrected chi connectivity index (χ2v) is 8.29. The Hall–Kier alpha value is -2.15. The Morgan fingerprint density at radius 1 is 1.22 bits per heavy atom. The number of amides is 1. The number of fused-ring (bicyclic) bond motifs is 1. The van der Waals surface area contributed by atoms with Crippen molar-refractivity contribution in [3.05, 3.63) is 33.0 Å². The molecule has 0 unspecified atom stereocenters. The Bertz CT molecular complexity index is 880. The van der Waals surface area contributed by atoms with Gasteiger partial charge < -0.3 is 10.1 Å². The van der Waals surface area contributed by atoms with Gasteiger partial charge in [0.05, 0.1) is 22.9 Å². The lowest BCUT2D eigenvalue weighted by atomic mass is 9.95. The Morgan fingerprint density at radius 2 is 1.93 bits per heavy atom. The van der Waals surface area contributed by atoms with Crippen molar-refractivity contribution in [2.45, 2.75) is 73.0 Å². The smallest absolute Gasteiger partial charge is 0.341 e. The van der Waals surface area contributed by atoms with Crippen molar-refractivity contribution < 1.29 is 14.3 Å². The highest BCUT2D eigenvalue weighted by Gasteiger charge is 2.29. The number of nitrogens with zero attached hydrogens (tertiary/aromatic N) is 2. The van der Waals surface area contributed by atoms with Gasteiger partial charge in [0.2, 0.25) is 0 Å². The van der Waals surface area contributed by atoms with Crippen LogP contribution < -0.4 is 5.32 Å². The third kappa shape index (κ3) is 3.78. The van der Waals surface area contributed by atoms with Crippen molar-refractivity contribution in [1.29, 1.82) is 0 Å². The molecule has 0 aliphatic heterocycles. The van der Waals surface area contributed by atoms with E-state index in [0.29, 0.717) is 28.4 Å². The number of aryl methyl sites for hydroxylation is 3. The van der Waals surface area contributed by atoms with E-state index >= 15 is 0 Å². The zero-order valence-corrected chi connectivity index (χ0v) is 17.5. The third-order valence-electron chi connectivity index (χ3n) is 4.85. The van der Waals surface area contributed by atoms with E-state index in [0.717, 1.165) is 36.9 Å². The van der Waals surface area contributed by atoms with Crippen LogP contribution in [-0.4, -0.2) is 27.8 Å². The fourth-order valence-corrected chi connectivity index (χ4v) is 4.91. The van der Waals surface area contributed by atoms with Gasteiger partial charge >= 0.3 is 5.97 Å². The number of carbonyl (C=O) groups excluding carboxylic acids is 2. The first-order valence-corrected chi connectivity index (χ1v) is 10.4. The molecule has 1 N–H and O–H groups in total. The number of hydrogen-bond donors (Lipinski definition) is 1. The summed E-state index contributed by atoms with van der Waals surface area (Å²) in [6.07, 6.45) is 3.77. The maximum absolute atomic E-state index is 13.0. The Balaban J connectivity index is 1.97. The lowest BCUT2D eigenvalue weighted by Gasteiger charge is -2.14. The molecule has 7 heteroatoms. The van der Waals surface area contributed by atoms with E-state index in [-0.39, 0.29) is 18.0 Å². The van der Waals surface area contributed by atoms with Crippen LogP contribution in [0.15, 0.2) is 0 Å². The number of aromatic nitrogens is 2. The fraction of sp³-hybridized carbons (Fsp3) is 0.550. The average molecular weight is 390 g/mol. The lowest BCUT2D eigenvalue weighted by molar-refractivity contribution is 0.0378. The summed E-state index contributed by atoms with van der Waals surface area (Å²) in [5.74, 6) is -0.570. The maximum Gasteiger partial charge on any atom is 0.341 e. The van der Waals surface area contributed by atoms with E-state index in [1.54, 1.807) is 0 Å². The van der Waals surface area contributed by atoms with Gasteiger partial charge in [-0.05, 0) is 65.9 Å². The van der Waals surface area contributed by atoms with Gasteiger partial charge in [-0.3, -0.25) is 9.48 Å². The van der Waals surface area contributed by atoms with E-state index in [1.807, 2.05) is 39.3 Å². The minimum Gasteiger partial charge on any atom is -0.459 e. The second kappa shape index (κ2) is 7.84. The zero-order chi connectivity index (χ0) is 19.7. The molecule has 0 radical (unpaired) electrons. The molecule has 0 aromatic carbocycles. The molecule has 1 amide bonds. The van der Waals surface area contributed by atoms with Crippen molar-refractivity contribution in [2.75, 3.05) is 5.32 Å². The average Bonchev–Trinajstić information content (AvgIpc) is 3.10. The number of carbonyl (C=O) groups is 2. The van der Waals surface area contributed by atoms with Crippen LogP contribution >= 0.6 is 11.3 Å². The van der Waals surface area contributed by atoms with Crippen molar-refractivity contribution in [3.8, 4) is 0 Å². The van der Waals surface area contributed by atoms with Crippen LogP contribution in [0.2, 0.25) is 0 Å². The van der Waals surface area contributed by atoms with Gasteiger partial charge in [-0.1, -0.05) is 0 Å². The Kier molecular flexibility index (Phi) is 5.69. The molecule has 0 bridgehead atoms. The third-order valence-corrected chi connectivity index (χ3v) is 6.06. The van der Waals surface area contributed by atoms with Gasteiger partial charge in [0.15, 0.2) is 0 Å². The predicted molar refractivity (Wildman–Crippen MR) is 107 cm³/mol. The molecule has 27 heavy (non-hydrogen) atoms. The highest BCUT2D eigenvalue weighted by molar-refractivity contribution is 7.17. The van der Waals surface area contributed by atoms with Crippen LogP contribution in [0, 0.1) is 13.8 Å². The van der Waals surface area contributed by atoms with E-state index in [2.05, 4.69) is 10.4 Å². The second-order valence-electron chi connectivity index (χ2n) is 7.18. The van der Waals surface area contributed by atoms with Crippen molar-refractivity contribution in [2.24, 2.45) is 0 Å². The number of hydrogen-bond acceptors (Lipinski definition) is 5. The largest absolute Gasteiger partial charge is 0.459 e. The van der Waals surface area contributed by atoms with E-state index in [1.165, 1.54) is 16.2 Å². The number of rotatable bonds is 5. The highest BCUT2D eigenvalue weighted by Crippen LogP contribution is 2.39. The van der Waals surface area contributed by atoms with Crippen LogP contribution in [0.1, 0.15) is 76.2 Å². The van der Waals surface area contributed by atoms with Crippen molar-refractivity contribution >= 4 is 28.2 Å². The normalized spacial score (nSPS) is 13.6. The first kappa shape index (κ1) is 19.6. The molecule has 1 aliphatic carbocycles. The van der Waals surface area contributed by atoms with E-state index in [9.17, 15) is 9.59 Å². The molecule has 1 aliphatic rings. The molecule has 6 nitrogen and oxygen atoms in total. The summed E-state index contributed by atoms with van der Waals surface area (Å²) in [6, 6.07) is 0. The van der Waals surface area contributed by atoms with E-state index < -0.39 is 0 Å². The van der Waals surface area contributed by atoms with Crippen molar-refractivity contribution in [1.82, 2.24) is 9.78 Å². The molecule has 2 aromatic heterocycles. The minimum atomic E-state index is -0.350. The molecule has 2 heterocycles. The van der Waals surface area contributed by atoms with Crippen LogP contribution in [-0.2, 0) is 24.1 Å². The molecule has 146 valence electrons. The SMILES string of the molecule is CCn1nc(C)c(C(=O)Nc2sc3c(c2C(=O)OC(C)C)CCCC3)c1C. The zero-order valence-electron chi connectivity index (χ0n) is 16.6. The van der Waals surface area contributed by atoms with Gasteiger partial charge in [-0.25, -0.2) is 4.79 Å². The summed E-state index contributed by atoms with van der Waals surface area (Å²) in [7, 11) is 0. The van der Waals surface area contributed by atoms with E-state index in [4.69, 9.17) is 4.74 Å². The highest BCUT2D eigenvalue weighted by atomic mass is 32.1. The molecule has 3 rings (SSSR count). The summed E-state index contributed by atoms with van der Waals surface area (Å²) in [5, 5.41) is 8.00. The summed E-state index contributed by atoms with van der Waals surface area (Å²) in [4.78, 5) is 26.9. The topological polar surface area (TPSA) is 73.2 Å². The summed E-state index contributed by atoms with van der Waals surface area (Å²) in [6.45, 7) is 10.1. The molecule has 0 fully saturated rings. The van der Waals surface area contributed by atoms with Crippen LogP contribution in [0.25, 0.3) is 0 Å². The number of thiophene rings is 1. The summed E-state index contributed by atoms with van der Waals surface area (Å²) >= 11 is 1.50. The molecule has 0 saturated carbocycles. The van der Waals surface area contributed by atoms with Crippen LogP contribution in [0.3, 0.4) is 0 Å². The van der Waals surface area contributed by atoms with Crippen LogP contribution in [0.4, 0.5) is 5.00 Å². The maximum atomic E-state index is 13.0. The predicted octanol–water partition coefficient (Wildman–Crippen LogP) is 4.28. The summed E-state index contributed by atoms with van der Waals surface area (Å²) < 4.78 is 7.27. The number of anilines is 1. The van der Waals surface area contributed by atoms with Gasteiger partial charge in [0, 0.05) is 17.1 Å².